The molecule has 6 nitrogen and oxygen atoms in total. The van der Waals surface area contributed by atoms with Gasteiger partial charge in [-0.2, -0.15) is 0 Å². The number of thiocarbonyl (C=S) groups is 2. The number of rotatable bonds is 4. The van der Waals surface area contributed by atoms with Crippen molar-refractivity contribution >= 4 is 81.1 Å². The van der Waals surface area contributed by atoms with Crippen LogP contribution in [-0.4, -0.2) is 28.6 Å². The molecule has 0 atom stereocenters. The molecule has 168 valence electrons. The molecule has 33 heavy (non-hydrogen) atoms. The van der Waals surface area contributed by atoms with E-state index in [1.807, 2.05) is 48.5 Å². The van der Waals surface area contributed by atoms with Crippen LogP contribution in [0.25, 0.3) is 0 Å². The van der Waals surface area contributed by atoms with Gasteiger partial charge in [0.25, 0.3) is 0 Å². The van der Waals surface area contributed by atoms with Crippen molar-refractivity contribution in [2.45, 2.75) is 0 Å². The van der Waals surface area contributed by atoms with Gasteiger partial charge in [-0.15, -0.1) is 0 Å². The van der Waals surface area contributed by atoms with Gasteiger partial charge in [-0.1, -0.05) is 8.64 Å². The largest absolute Gasteiger partial charge is 2.00 e. The van der Waals surface area contributed by atoms with Gasteiger partial charge >= 0.3 is 16.5 Å². The van der Waals surface area contributed by atoms with E-state index in [4.69, 9.17) is 49.7 Å². The number of hydrogen-bond acceptors (Lipinski definition) is 8. The second-order valence-corrected chi connectivity index (χ2v) is 8.09. The average Bonchev–Trinajstić information content (AvgIpc) is 2.82. The zero-order chi connectivity index (χ0) is 22.8. The second kappa shape index (κ2) is 13.8. The van der Waals surface area contributed by atoms with Crippen LogP contribution in [0.3, 0.4) is 0 Å². The molecular weight excluding hydrogens is 535 g/mol. The summed E-state index contributed by atoms with van der Waals surface area (Å²) in [5, 5.41) is 0. The van der Waals surface area contributed by atoms with Gasteiger partial charge in [-0.05, 0) is 48.5 Å². The Morgan fingerprint density at radius 2 is 0.667 bits per heavy atom. The van der Waals surface area contributed by atoms with Gasteiger partial charge in [-0.25, -0.2) is 0 Å². The summed E-state index contributed by atoms with van der Waals surface area (Å²) in [5.74, 6) is 0. The van der Waals surface area contributed by atoms with Gasteiger partial charge in [-0.3, -0.25) is 19.9 Å². The minimum Gasteiger partial charge on any atom is -0.411 e. The summed E-state index contributed by atoms with van der Waals surface area (Å²) in [6.45, 7) is 0. The van der Waals surface area contributed by atoms with E-state index in [1.54, 1.807) is 59.4 Å². The first-order chi connectivity index (χ1) is 15.6. The van der Waals surface area contributed by atoms with Crippen molar-refractivity contribution in [2.24, 2.45) is 0 Å². The quantitative estimate of drug-likeness (QED) is 0.199. The Hall–Kier alpha value is -2.69. The number of nitrogens with zero attached hydrogens (tertiary/aromatic N) is 6. The molecule has 0 radical (unpaired) electrons. The van der Waals surface area contributed by atoms with Crippen molar-refractivity contribution in [1.29, 1.82) is 0 Å². The fraction of sp³-hybridized carbons (Fsp3) is 0. The number of pyridine rings is 4. The Morgan fingerprint density at radius 1 is 0.485 bits per heavy atom. The molecular formula is C22H16N6NiS4. The van der Waals surface area contributed by atoms with E-state index in [9.17, 15) is 0 Å². The van der Waals surface area contributed by atoms with Gasteiger partial charge in [0.05, 0.1) is 0 Å². The first kappa shape index (κ1) is 26.6. The summed E-state index contributed by atoms with van der Waals surface area (Å²) >= 11 is 20.3. The fourth-order valence-electron chi connectivity index (χ4n) is 2.69. The summed E-state index contributed by atoms with van der Waals surface area (Å²) in [5.41, 5.74) is 3.62. The van der Waals surface area contributed by atoms with Gasteiger partial charge in [0.1, 0.15) is 0 Å². The van der Waals surface area contributed by atoms with Crippen molar-refractivity contribution in [3.8, 4) is 0 Å². The standard InChI is InChI=1S/2C11H9N3S2.Ni/c2*15-11(16)14(9-1-5-12-6-2-9)10-3-7-13-8-4-10;/h2*1-8H,(H,15,16);/q;;+2/p-2. The molecule has 0 fully saturated rings. The molecule has 0 N–H and O–H groups in total. The minimum absolute atomic E-state index is 0. The molecule has 0 aliphatic heterocycles. The monoisotopic (exact) mass is 550 g/mol. The summed E-state index contributed by atoms with van der Waals surface area (Å²) in [7, 11) is 0. The van der Waals surface area contributed by atoms with Crippen LogP contribution in [0.4, 0.5) is 22.7 Å². The van der Waals surface area contributed by atoms with Gasteiger partial charge in [0.15, 0.2) is 0 Å². The van der Waals surface area contributed by atoms with Crippen LogP contribution in [0.1, 0.15) is 0 Å². The molecule has 0 spiro atoms. The predicted molar refractivity (Wildman–Crippen MR) is 141 cm³/mol. The summed E-state index contributed by atoms with van der Waals surface area (Å²) in [6.07, 6.45) is 13.6. The maximum Gasteiger partial charge on any atom is 2.00 e. The van der Waals surface area contributed by atoms with Gasteiger partial charge in [0.2, 0.25) is 0 Å². The first-order valence-electron chi connectivity index (χ1n) is 9.20. The van der Waals surface area contributed by atoms with Crippen molar-refractivity contribution in [1.82, 2.24) is 19.9 Å². The summed E-state index contributed by atoms with van der Waals surface area (Å²) < 4.78 is 0.745. The Labute approximate surface area is 224 Å². The third kappa shape index (κ3) is 7.69. The Balaban J connectivity index is 0.000000227. The third-order valence-corrected chi connectivity index (χ3v) is 4.78. The molecule has 0 aromatic carbocycles. The van der Waals surface area contributed by atoms with E-state index in [-0.39, 0.29) is 16.5 Å². The second-order valence-electron chi connectivity index (χ2n) is 6.02. The van der Waals surface area contributed by atoms with Crippen LogP contribution in [0.15, 0.2) is 98.1 Å². The van der Waals surface area contributed by atoms with Crippen LogP contribution in [0.5, 0.6) is 0 Å². The van der Waals surface area contributed by atoms with Crippen LogP contribution >= 0.6 is 24.4 Å². The van der Waals surface area contributed by atoms with Crippen LogP contribution in [0.2, 0.25) is 0 Å². The van der Waals surface area contributed by atoms with E-state index in [1.165, 1.54) is 0 Å². The topological polar surface area (TPSA) is 58.0 Å². The molecule has 0 aliphatic carbocycles. The Morgan fingerprint density at radius 3 is 0.818 bits per heavy atom. The molecule has 0 saturated heterocycles. The van der Waals surface area contributed by atoms with E-state index >= 15 is 0 Å². The minimum atomic E-state index is 0. The van der Waals surface area contributed by atoms with Crippen LogP contribution in [0, 0.1) is 0 Å². The molecule has 4 aromatic heterocycles. The fourth-order valence-corrected chi connectivity index (χ4v) is 3.54. The van der Waals surface area contributed by atoms with Crippen molar-refractivity contribution in [2.75, 3.05) is 9.80 Å². The molecule has 4 rings (SSSR count). The van der Waals surface area contributed by atoms with Gasteiger partial charge < -0.3 is 59.5 Å². The molecule has 11 heteroatoms. The normalized spacial score (nSPS) is 9.45. The summed E-state index contributed by atoms with van der Waals surface area (Å²) in [6, 6.07) is 14.9. The molecule has 0 bridgehead atoms. The van der Waals surface area contributed by atoms with Crippen LogP contribution < -0.4 is 9.80 Å². The number of aromatic nitrogens is 4. The molecule has 0 saturated carbocycles. The Bertz CT molecular complexity index is 967. The van der Waals surface area contributed by atoms with E-state index in [0.29, 0.717) is 8.64 Å². The third-order valence-electron chi connectivity index (χ3n) is 4.05. The van der Waals surface area contributed by atoms with Gasteiger partial charge in [0, 0.05) is 72.3 Å². The van der Waals surface area contributed by atoms with E-state index in [2.05, 4.69) is 19.9 Å². The molecule has 0 aliphatic rings. The Kier molecular flexibility index (Phi) is 11.1. The SMILES string of the molecule is S=C([S-])N(c1ccncc1)c1ccncc1.S=C([S-])N(c1ccncc1)c1ccncc1.[Ni+2]. The van der Waals surface area contributed by atoms with Crippen molar-refractivity contribution in [3.63, 3.8) is 0 Å². The first-order valence-corrected chi connectivity index (χ1v) is 10.8. The zero-order valence-electron chi connectivity index (χ0n) is 16.9. The molecule has 0 amide bonds. The maximum atomic E-state index is 5.08. The summed E-state index contributed by atoms with van der Waals surface area (Å²) in [4.78, 5) is 19.5. The maximum absolute atomic E-state index is 5.08. The van der Waals surface area contributed by atoms with Crippen molar-refractivity contribution < 1.29 is 16.5 Å². The molecule has 4 aromatic rings. The van der Waals surface area contributed by atoms with Crippen LogP contribution in [-0.2, 0) is 41.7 Å². The average molecular weight is 551 g/mol. The molecule has 0 unspecified atom stereocenters. The van der Waals surface area contributed by atoms with E-state index in [0.717, 1.165) is 22.7 Å². The van der Waals surface area contributed by atoms with Crippen molar-refractivity contribution in [3.05, 3.63) is 98.1 Å². The number of anilines is 4. The molecule has 4 heterocycles. The smallest absolute Gasteiger partial charge is 0.411 e. The zero-order valence-corrected chi connectivity index (χ0v) is 21.1. The number of hydrogen-bond donors (Lipinski definition) is 0. The predicted octanol–water partition coefficient (Wildman–Crippen LogP) is 4.89. The van der Waals surface area contributed by atoms with E-state index < -0.39 is 0 Å².